The Morgan fingerprint density at radius 3 is 2.80 bits per heavy atom. The molecule has 1 aliphatic heterocycles. The molecule has 2 unspecified atom stereocenters. The van der Waals surface area contributed by atoms with Gasteiger partial charge in [-0.25, -0.2) is 0 Å². The lowest BCUT2D eigenvalue weighted by Crippen LogP contribution is -2.45. The van der Waals surface area contributed by atoms with Crippen LogP contribution >= 0.6 is 0 Å². The number of nitrogens with one attached hydrogen (secondary N) is 1. The fourth-order valence-corrected chi connectivity index (χ4v) is 2.82. The van der Waals surface area contributed by atoms with Crippen LogP contribution in [0.4, 0.5) is 0 Å². The van der Waals surface area contributed by atoms with Crippen molar-refractivity contribution in [3.63, 3.8) is 0 Å². The molecule has 4 nitrogen and oxygen atoms in total. The predicted octanol–water partition coefficient (Wildman–Crippen LogP) is 1.90. The van der Waals surface area contributed by atoms with E-state index in [1.807, 2.05) is 32.9 Å². The van der Waals surface area contributed by atoms with Crippen molar-refractivity contribution in [2.24, 2.45) is 0 Å². The van der Waals surface area contributed by atoms with Gasteiger partial charge >= 0.3 is 0 Å². The second-order valence-electron chi connectivity index (χ2n) is 5.79. The third kappa shape index (κ3) is 3.14. The average Bonchev–Trinajstić information content (AvgIpc) is 2.42. The lowest BCUT2D eigenvalue weighted by Gasteiger charge is -2.33. The summed E-state index contributed by atoms with van der Waals surface area (Å²) in [7, 11) is 1.66. The first-order valence-corrected chi connectivity index (χ1v) is 7.14. The van der Waals surface area contributed by atoms with Gasteiger partial charge in [-0.1, -0.05) is 12.1 Å². The number of benzene rings is 1. The van der Waals surface area contributed by atoms with E-state index in [9.17, 15) is 5.11 Å². The van der Waals surface area contributed by atoms with E-state index in [0.29, 0.717) is 13.0 Å². The number of aryl methyl sites for hydroxylation is 1. The first kappa shape index (κ1) is 15.3. The Hall–Kier alpha value is -1.10. The van der Waals surface area contributed by atoms with Gasteiger partial charge in [0.25, 0.3) is 0 Å². The Bertz CT molecular complexity index is 465. The highest BCUT2D eigenvalue weighted by Crippen LogP contribution is 2.36. The maximum atomic E-state index is 10.9. The fourth-order valence-electron chi connectivity index (χ4n) is 2.82. The van der Waals surface area contributed by atoms with Crippen molar-refractivity contribution in [1.82, 2.24) is 5.32 Å². The summed E-state index contributed by atoms with van der Waals surface area (Å²) in [4.78, 5) is 0. The summed E-state index contributed by atoms with van der Waals surface area (Å²) in [5, 5.41) is 14.3. The molecule has 0 aromatic heterocycles. The topological polar surface area (TPSA) is 50.7 Å². The average molecular weight is 279 g/mol. The lowest BCUT2D eigenvalue weighted by molar-refractivity contribution is 0.00184. The normalized spacial score (nSPS) is 22.4. The Balaban J connectivity index is 2.26. The third-order valence-corrected chi connectivity index (χ3v) is 4.10. The number of morpholine rings is 1. The molecule has 2 atom stereocenters. The number of hydrogen-bond acceptors (Lipinski definition) is 4. The Labute approximate surface area is 121 Å². The number of hydrogen-bond donors (Lipinski definition) is 2. The van der Waals surface area contributed by atoms with E-state index >= 15 is 0 Å². The Morgan fingerprint density at radius 1 is 1.45 bits per heavy atom. The maximum Gasteiger partial charge on any atom is 0.128 e. The summed E-state index contributed by atoms with van der Waals surface area (Å²) in [6, 6.07) is 4.17. The molecular formula is C16H25NO3. The minimum atomic E-state index is -0.942. The minimum absolute atomic E-state index is 0.171. The molecule has 2 rings (SSSR count). The van der Waals surface area contributed by atoms with Gasteiger partial charge in [0.2, 0.25) is 0 Å². The Morgan fingerprint density at radius 2 is 2.20 bits per heavy atom. The van der Waals surface area contributed by atoms with Crippen LogP contribution in [0.3, 0.4) is 0 Å². The molecule has 0 spiro atoms. The van der Waals surface area contributed by atoms with Crippen LogP contribution in [-0.2, 0) is 10.3 Å². The largest absolute Gasteiger partial charge is 0.496 e. The van der Waals surface area contributed by atoms with Gasteiger partial charge in [-0.15, -0.1) is 0 Å². The van der Waals surface area contributed by atoms with E-state index in [1.54, 1.807) is 7.11 Å². The van der Waals surface area contributed by atoms with Crippen LogP contribution in [0, 0.1) is 13.8 Å². The molecule has 1 fully saturated rings. The summed E-state index contributed by atoms with van der Waals surface area (Å²) in [6.07, 6.45) is 0.603. The molecule has 1 aromatic rings. The van der Waals surface area contributed by atoms with E-state index in [4.69, 9.17) is 9.47 Å². The predicted molar refractivity (Wildman–Crippen MR) is 79.3 cm³/mol. The summed E-state index contributed by atoms with van der Waals surface area (Å²) in [5.41, 5.74) is 2.15. The molecule has 1 heterocycles. The van der Waals surface area contributed by atoms with Crippen LogP contribution in [0.1, 0.15) is 30.0 Å². The molecule has 1 aromatic carbocycles. The minimum Gasteiger partial charge on any atom is -0.496 e. The SMILES string of the molecule is COc1c(C(C)(O)CC2COCCN2)ccc(C)c1C. The molecule has 4 heteroatoms. The molecule has 1 aliphatic rings. The van der Waals surface area contributed by atoms with Gasteiger partial charge in [-0.05, 0) is 38.3 Å². The van der Waals surface area contributed by atoms with Crippen molar-refractivity contribution >= 4 is 0 Å². The van der Waals surface area contributed by atoms with Crippen molar-refractivity contribution in [1.29, 1.82) is 0 Å². The van der Waals surface area contributed by atoms with Gasteiger partial charge in [-0.2, -0.15) is 0 Å². The number of ether oxygens (including phenoxy) is 2. The van der Waals surface area contributed by atoms with E-state index in [-0.39, 0.29) is 6.04 Å². The third-order valence-electron chi connectivity index (χ3n) is 4.10. The standard InChI is InChI=1S/C16H25NO3/c1-11-5-6-14(15(19-4)12(11)2)16(3,18)9-13-10-20-8-7-17-13/h5-6,13,17-18H,7-10H2,1-4H3. The molecule has 0 amide bonds. The molecular weight excluding hydrogens is 254 g/mol. The smallest absolute Gasteiger partial charge is 0.128 e. The van der Waals surface area contributed by atoms with Gasteiger partial charge in [0.05, 0.1) is 25.9 Å². The quantitative estimate of drug-likeness (QED) is 0.884. The van der Waals surface area contributed by atoms with E-state index < -0.39 is 5.60 Å². The highest BCUT2D eigenvalue weighted by molar-refractivity contribution is 5.47. The first-order chi connectivity index (χ1) is 9.45. The van der Waals surface area contributed by atoms with Crippen LogP contribution in [0.15, 0.2) is 12.1 Å². The zero-order chi connectivity index (χ0) is 14.8. The second-order valence-corrected chi connectivity index (χ2v) is 5.79. The van der Waals surface area contributed by atoms with Gasteiger partial charge in [0.15, 0.2) is 0 Å². The molecule has 112 valence electrons. The number of rotatable bonds is 4. The lowest BCUT2D eigenvalue weighted by atomic mass is 9.86. The van der Waals surface area contributed by atoms with Crippen LogP contribution in [0.2, 0.25) is 0 Å². The number of methoxy groups -OCH3 is 1. The van der Waals surface area contributed by atoms with Crippen LogP contribution in [0.5, 0.6) is 5.75 Å². The van der Waals surface area contributed by atoms with Crippen LogP contribution < -0.4 is 10.1 Å². The second kappa shape index (κ2) is 6.12. The Kier molecular flexibility index (Phi) is 4.68. The van der Waals surface area contributed by atoms with Gasteiger partial charge in [0.1, 0.15) is 5.75 Å². The summed E-state index contributed by atoms with van der Waals surface area (Å²) in [6.45, 7) is 8.14. The molecule has 1 saturated heterocycles. The highest BCUT2D eigenvalue weighted by Gasteiger charge is 2.32. The molecule has 0 bridgehead atoms. The van der Waals surface area contributed by atoms with E-state index in [1.165, 1.54) is 5.56 Å². The molecule has 0 radical (unpaired) electrons. The van der Waals surface area contributed by atoms with Crippen molar-refractivity contribution in [2.75, 3.05) is 26.9 Å². The van der Waals surface area contributed by atoms with Crippen LogP contribution in [0.25, 0.3) is 0 Å². The first-order valence-electron chi connectivity index (χ1n) is 7.14. The van der Waals surface area contributed by atoms with E-state index in [0.717, 1.165) is 30.0 Å². The van der Waals surface area contributed by atoms with Crippen LogP contribution in [-0.4, -0.2) is 38.0 Å². The summed E-state index contributed by atoms with van der Waals surface area (Å²) >= 11 is 0. The van der Waals surface area contributed by atoms with Crippen molar-refractivity contribution in [3.05, 3.63) is 28.8 Å². The van der Waals surface area contributed by atoms with Gasteiger partial charge in [-0.3, -0.25) is 0 Å². The summed E-state index contributed by atoms with van der Waals surface area (Å²) < 4.78 is 11.0. The summed E-state index contributed by atoms with van der Waals surface area (Å²) in [5.74, 6) is 0.784. The van der Waals surface area contributed by atoms with E-state index in [2.05, 4.69) is 5.32 Å². The molecule has 2 N–H and O–H groups in total. The zero-order valence-electron chi connectivity index (χ0n) is 12.8. The van der Waals surface area contributed by atoms with Gasteiger partial charge < -0.3 is 19.9 Å². The molecule has 0 saturated carbocycles. The van der Waals surface area contributed by atoms with Crippen molar-refractivity contribution < 1.29 is 14.6 Å². The highest BCUT2D eigenvalue weighted by atomic mass is 16.5. The van der Waals surface area contributed by atoms with Gasteiger partial charge in [0, 0.05) is 18.2 Å². The molecule has 20 heavy (non-hydrogen) atoms. The monoisotopic (exact) mass is 279 g/mol. The zero-order valence-corrected chi connectivity index (χ0v) is 12.8. The van der Waals surface area contributed by atoms with Crippen molar-refractivity contribution in [2.45, 2.75) is 38.8 Å². The number of aliphatic hydroxyl groups is 1. The molecule has 0 aliphatic carbocycles. The maximum absolute atomic E-state index is 10.9. The fraction of sp³-hybridized carbons (Fsp3) is 0.625. The van der Waals surface area contributed by atoms with Crippen molar-refractivity contribution in [3.8, 4) is 5.75 Å².